The predicted octanol–water partition coefficient (Wildman–Crippen LogP) is 2.14. The Morgan fingerprint density at radius 1 is 1.24 bits per heavy atom. The first-order valence-electron chi connectivity index (χ1n) is 6.96. The van der Waals surface area contributed by atoms with Crippen molar-refractivity contribution in [2.75, 3.05) is 6.54 Å². The van der Waals surface area contributed by atoms with Gasteiger partial charge in [0.15, 0.2) is 0 Å². The summed E-state index contributed by atoms with van der Waals surface area (Å²) in [5.74, 6) is -1.35. The number of nitrogens with one attached hydrogen (secondary N) is 1. The fourth-order valence-corrected chi connectivity index (χ4v) is 2.06. The maximum absolute atomic E-state index is 11.8. The predicted molar refractivity (Wildman–Crippen MR) is 81.2 cm³/mol. The lowest BCUT2D eigenvalue weighted by atomic mass is 9.98. The summed E-state index contributed by atoms with van der Waals surface area (Å²) in [5.41, 5.74) is 6.23. The van der Waals surface area contributed by atoms with E-state index in [4.69, 9.17) is 22.2 Å². The molecule has 0 bridgehead atoms. The summed E-state index contributed by atoms with van der Waals surface area (Å²) in [6.07, 6.45) is 2.19. The quantitative estimate of drug-likeness (QED) is 0.394. The van der Waals surface area contributed by atoms with Crippen LogP contribution in [0.3, 0.4) is 0 Å². The number of hydrogen-bond donors (Lipinski definition) is 2. The number of rotatable bonds is 10. The standard InChI is InChI=1S/C15H21ClN2O3/c16-18-9-5-4-8-13(15(17)20)10-14(19)21-11-12-6-2-1-3-7-12/h1-3,6-7,13,18H,4-5,8-11H2,(H2,17,20)/t13-/m1/s1. The second-order valence-corrected chi connectivity index (χ2v) is 5.10. The van der Waals surface area contributed by atoms with Gasteiger partial charge in [-0.2, -0.15) is 0 Å². The van der Waals surface area contributed by atoms with E-state index in [0.29, 0.717) is 13.0 Å². The molecule has 1 atom stereocenters. The van der Waals surface area contributed by atoms with Crippen molar-refractivity contribution in [1.29, 1.82) is 0 Å². The van der Waals surface area contributed by atoms with Gasteiger partial charge in [-0.05, 0) is 30.2 Å². The van der Waals surface area contributed by atoms with E-state index in [2.05, 4.69) is 4.84 Å². The molecule has 0 fully saturated rings. The van der Waals surface area contributed by atoms with E-state index < -0.39 is 17.8 Å². The number of benzene rings is 1. The van der Waals surface area contributed by atoms with Gasteiger partial charge in [0, 0.05) is 12.5 Å². The van der Waals surface area contributed by atoms with Crippen LogP contribution in [0.4, 0.5) is 0 Å². The van der Waals surface area contributed by atoms with Crippen LogP contribution in [-0.2, 0) is 20.9 Å². The van der Waals surface area contributed by atoms with Crippen LogP contribution in [-0.4, -0.2) is 18.4 Å². The molecule has 1 aromatic rings. The van der Waals surface area contributed by atoms with Crippen molar-refractivity contribution in [2.45, 2.75) is 32.3 Å². The molecule has 0 aliphatic heterocycles. The minimum atomic E-state index is -0.483. The molecule has 6 heteroatoms. The maximum atomic E-state index is 11.8. The second kappa shape index (κ2) is 10.2. The Balaban J connectivity index is 2.33. The van der Waals surface area contributed by atoms with E-state index in [9.17, 15) is 9.59 Å². The number of unbranched alkanes of at least 4 members (excludes halogenated alkanes) is 1. The molecule has 1 amide bonds. The van der Waals surface area contributed by atoms with Crippen LogP contribution in [0, 0.1) is 5.92 Å². The molecular formula is C15H21ClN2O3. The number of ether oxygens (including phenoxy) is 1. The zero-order chi connectivity index (χ0) is 15.5. The number of primary amides is 1. The van der Waals surface area contributed by atoms with Crippen LogP contribution < -0.4 is 10.6 Å². The summed E-state index contributed by atoms with van der Waals surface area (Å²) < 4.78 is 5.16. The average Bonchev–Trinajstić information content (AvgIpc) is 2.49. The topological polar surface area (TPSA) is 81.4 Å². The minimum absolute atomic E-state index is 0.0243. The number of nitrogens with two attached hydrogens (primary N) is 1. The summed E-state index contributed by atoms with van der Waals surface area (Å²) in [6, 6.07) is 9.39. The number of carbonyl (C=O) groups excluding carboxylic acids is 2. The zero-order valence-electron chi connectivity index (χ0n) is 11.9. The summed E-state index contributed by atoms with van der Waals surface area (Å²) in [6.45, 7) is 0.868. The van der Waals surface area contributed by atoms with Gasteiger partial charge in [0.1, 0.15) is 6.61 Å². The highest BCUT2D eigenvalue weighted by atomic mass is 35.5. The molecule has 0 unspecified atom stereocenters. The van der Waals surface area contributed by atoms with Crippen LogP contribution in [0.2, 0.25) is 0 Å². The van der Waals surface area contributed by atoms with Crippen LogP contribution in [0.1, 0.15) is 31.2 Å². The molecule has 0 radical (unpaired) electrons. The van der Waals surface area contributed by atoms with E-state index >= 15 is 0 Å². The first-order valence-corrected chi connectivity index (χ1v) is 7.33. The first-order chi connectivity index (χ1) is 10.1. The Labute approximate surface area is 129 Å². The first kappa shape index (κ1) is 17.5. The van der Waals surface area contributed by atoms with Crippen molar-refractivity contribution in [1.82, 2.24) is 4.84 Å². The highest BCUT2D eigenvalue weighted by molar-refractivity contribution is 6.13. The average molecular weight is 313 g/mol. The second-order valence-electron chi connectivity index (χ2n) is 4.83. The molecule has 0 aromatic heterocycles. The number of esters is 1. The minimum Gasteiger partial charge on any atom is -0.461 e. The lowest BCUT2D eigenvalue weighted by Gasteiger charge is -2.12. The summed E-state index contributed by atoms with van der Waals surface area (Å²) >= 11 is 5.35. The number of amides is 1. The molecular weight excluding hydrogens is 292 g/mol. The van der Waals surface area contributed by atoms with Crippen LogP contribution >= 0.6 is 11.8 Å². The van der Waals surface area contributed by atoms with Crippen molar-refractivity contribution in [3.8, 4) is 0 Å². The van der Waals surface area contributed by atoms with E-state index in [1.54, 1.807) is 0 Å². The Kier molecular flexibility index (Phi) is 8.47. The smallest absolute Gasteiger partial charge is 0.306 e. The molecule has 1 rings (SSSR count). The fraction of sp³-hybridized carbons (Fsp3) is 0.467. The molecule has 0 saturated carbocycles. The van der Waals surface area contributed by atoms with Crippen molar-refractivity contribution in [2.24, 2.45) is 11.7 Å². The molecule has 0 spiro atoms. The van der Waals surface area contributed by atoms with E-state index in [-0.39, 0.29) is 13.0 Å². The third kappa shape index (κ3) is 7.68. The highest BCUT2D eigenvalue weighted by Crippen LogP contribution is 2.14. The molecule has 116 valence electrons. The largest absolute Gasteiger partial charge is 0.461 e. The Morgan fingerprint density at radius 2 is 1.95 bits per heavy atom. The number of carbonyl (C=O) groups is 2. The molecule has 5 nitrogen and oxygen atoms in total. The van der Waals surface area contributed by atoms with Gasteiger partial charge in [0.2, 0.25) is 5.91 Å². The van der Waals surface area contributed by atoms with Gasteiger partial charge in [0.05, 0.1) is 6.42 Å². The van der Waals surface area contributed by atoms with Gasteiger partial charge in [-0.15, -0.1) is 0 Å². The maximum Gasteiger partial charge on any atom is 0.306 e. The van der Waals surface area contributed by atoms with Crippen LogP contribution in [0.15, 0.2) is 30.3 Å². The monoisotopic (exact) mass is 312 g/mol. The van der Waals surface area contributed by atoms with Crippen molar-refractivity contribution in [3.63, 3.8) is 0 Å². The van der Waals surface area contributed by atoms with Gasteiger partial charge < -0.3 is 10.5 Å². The van der Waals surface area contributed by atoms with E-state index in [1.165, 1.54) is 0 Å². The number of hydrogen-bond acceptors (Lipinski definition) is 4. The van der Waals surface area contributed by atoms with Gasteiger partial charge >= 0.3 is 5.97 Å². The summed E-state index contributed by atoms with van der Waals surface area (Å²) in [7, 11) is 0. The molecule has 3 N–H and O–H groups in total. The molecule has 1 aromatic carbocycles. The number of halogens is 1. The summed E-state index contributed by atoms with van der Waals surface area (Å²) in [5, 5.41) is 0. The van der Waals surface area contributed by atoms with Gasteiger partial charge in [-0.1, -0.05) is 36.8 Å². The molecule has 0 heterocycles. The van der Waals surface area contributed by atoms with Gasteiger partial charge in [-0.3, -0.25) is 9.59 Å². The SMILES string of the molecule is NC(=O)[C@H](CCCCNCl)CC(=O)OCc1ccccc1. The molecule has 0 saturated heterocycles. The fourth-order valence-electron chi connectivity index (χ4n) is 1.93. The molecule has 0 aliphatic carbocycles. The Morgan fingerprint density at radius 3 is 2.57 bits per heavy atom. The van der Waals surface area contributed by atoms with Crippen LogP contribution in [0.5, 0.6) is 0 Å². The van der Waals surface area contributed by atoms with E-state index in [0.717, 1.165) is 18.4 Å². The Hall–Kier alpha value is -1.59. The normalized spacial score (nSPS) is 11.9. The van der Waals surface area contributed by atoms with Crippen molar-refractivity contribution >= 4 is 23.7 Å². The van der Waals surface area contributed by atoms with Gasteiger partial charge in [0.25, 0.3) is 0 Å². The Bertz CT molecular complexity index is 440. The van der Waals surface area contributed by atoms with Crippen LogP contribution in [0.25, 0.3) is 0 Å². The zero-order valence-corrected chi connectivity index (χ0v) is 12.6. The lowest BCUT2D eigenvalue weighted by molar-refractivity contribution is -0.147. The lowest BCUT2D eigenvalue weighted by Crippen LogP contribution is -2.26. The third-order valence-corrected chi connectivity index (χ3v) is 3.32. The van der Waals surface area contributed by atoms with E-state index in [1.807, 2.05) is 30.3 Å². The summed E-state index contributed by atoms with van der Waals surface area (Å²) in [4.78, 5) is 25.6. The third-order valence-electron chi connectivity index (χ3n) is 3.13. The van der Waals surface area contributed by atoms with Crippen molar-refractivity contribution < 1.29 is 14.3 Å². The molecule has 21 heavy (non-hydrogen) atoms. The van der Waals surface area contributed by atoms with Crippen molar-refractivity contribution in [3.05, 3.63) is 35.9 Å². The van der Waals surface area contributed by atoms with Gasteiger partial charge in [-0.25, -0.2) is 4.84 Å². The highest BCUT2D eigenvalue weighted by Gasteiger charge is 2.20. The molecule has 0 aliphatic rings.